The molecular formula is C26H34BrN7O3S. The topological polar surface area (TPSA) is 112 Å². The molecule has 1 fully saturated rings. The number of halogens is 1. The maximum absolute atomic E-state index is 12.5. The molecule has 0 radical (unpaired) electrons. The van der Waals surface area contributed by atoms with Gasteiger partial charge in [-0.05, 0) is 81.6 Å². The number of para-hydroxylation sites is 1. The van der Waals surface area contributed by atoms with Crippen molar-refractivity contribution < 1.29 is 13.2 Å². The molecule has 10 nitrogen and oxygen atoms in total. The SMILES string of the molecule is CNS(=O)(=O)c1ccccc1Nc1nc(Nc2ccc(N3CC[C@H](N(C)C)C3)cc2OC(C)C)ncc1Br. The van der Waals surface area contributed by atoms with Gasteiger partial charge in [-0.3, -0.25) is 0 Å². The van der Waals surface area contributed by atoms with Gasteiger partial charge in [-0.25, -0.2) is 18.1 Å². The van der Waals surface area contributed by atoms with Crippen LogP contribution >= 0.6 is 15.9 Å². The number of rotatable bonds is 10. The largest absolute Gasteiger partial charge is 0.489 e. The number of nitrogens with zero attached hydrogens (tertiary/aromatic N) is 4. The lowest BCUT2D eigenvalue weighted by Gasteiger charge is -2.23. The molecule has 0 saturated carbocycles. The Kier molecular flexibility index (Phi) is 8.76. The molecule has 1 aliphatic heterocycles. The second kappa shape index (κ2) is 11.9. The molecular weight excluding hydrogens is 570 g/mol. The summed E-state index contributed by atoms with van der Waals surface area (Å²) in [4.78, 5) is 13.8. The molecule has 0 amide bonds. The number of nitrogens with one attached hydrogen (secondary N) is 3. The van der Waals surface area contributed by atoms with Crippen molar-refractivity contribution in [2.24, 2.45) is 0 Å². The molecule has 0 spiro atoms. The third-order valence-electron chi connectivity index (χ3n) is 6.28. The third kappa shape index (κ3) is 6.55. The highest BCUT2D eigenvalue weighted by atomic mass is 79.9. The van der Waals surface area contributed by atoms with Crippen LogP contribution in [0.15, 0.2) is 58.0 Å². The van der Waals surface area contributed by atoms with Crippen LogP contribution in [0, 0.1) is 0 Å². The number of aromatic nitrogens is 2. The standard InChI is InChI=1S/C26H34BrN7O3S/c1-17(2)37-23-14-18(34-13-12-19(16-34)33(4)5)10-11-21(23)31-26-29-15-20(27)25(32-26)30-22-8-6-7-9-24(22)38(35,36)28-3/h6-11,14-15,17,19,28H,12-13,16H2,1-5H3,(H2,29,30,31,32)/t19-/m0/s1. The molecule has 1 saturated heterocycles. The minimum absolute atomic E-state index is 0.0207. The summed E-state index contributed by atoms with van der Waals surface area (Å²) in [5, 5.41) is 6.38. The fraction of sp³-hybridized carbons (Fsp3) is 0.385. The zero-order chi connectivity index (χ0) is 27.4. The second-order valence-electron chi connectivity index (χ2n) is 9.54. The zero-order valence-corrected chi connectivity index (χ0v) is 24.6. The predicted molar refractivity (Wildman–Crippen MR) is 155 cm³/mol. The molecule has 2 aromatic carbocycles. The van der Waals surface area contributed by atoms with E-state index in [1.807, 2.05) is 19.9 Å². The van der Waals surface area contributed by atoms with E-state index in [9.17, 15) is 8.42 Å². The first-order chi connectivity index (χ1) is 18.1. The van der Waals surface area contributed by atoms with Crippen molar-refractivity contribution >= 4 is 54.8 Å². The molecule has 0 unspecified atom stereocenters. The molecule has 0 aliphatic carbocycles. The molecule has 12 heteroatoms. The number of hydrogen-bond donors (Lipinski definition) is 3. The van der Waals surface area contributed by atoms with Gasteiger partial charge in [-0.2, -0.15) is 4.98 Å². The molecule has 4 rings (SSSR count). The van der Waals surface area contributed by atoms with Crippen LogP contribution in [0.2, 0.25) is 0 Å². The molecule has 3 N–H and O–H groups in total. The molecule has 204 valence electrons. The number of likely N-dealkylation sites (N-methyl/N-ethyl adjacent to an activating group) is 1. The van der Waals surface area contributed by atoms with Crippen molar-refractivity contribution in [3.63, 3.8) is 0 Å². The summed E-state index contributed by atoms with van der Waals surface area (Å²) >= 11 is 3.46. The van der Waals surface area contributed by atoms with Crippen molar-refractivity contribution in [3.05, 3.63) is 53.1 Å². The van der Waals surface area contributed by atoms with E-state index >= 15 is 0 Å². The van der Waals surface area contributed by atoms with Crippen LogP contribution in [0.4, 0.5) is 28.8 Å². The van der Waals surface area contributed by atoms with E-state index in [0.717, 1.165) is 30.9 Å². The van der Waals surface area contributed by atoms with Crippen LogP contribution in [0.1, 0.15) is 20.3 Å². The average molecular weight is 605 g/mol. The maximum atomic E-state index is 12.5. The summed E-state index contributed by atoms with van der Waals surface area (Å²) in [6.07, 6.45) is 2.71. The number of sulfonamides is 1. The van der Waals surface area contributed by atoms with Gasteiger partial charge in [0.05, 0.1) is 22.0 Å². The smallest absolute Gasteiger partial charge is 0.242 e. The summed E-state index contributed by atoms with van der Waals surface area (Å²) in [6.45, 7) is 5.94. The van der Waals surface area contributed by atoms with Gasteiger partial charge in [0.1, 0.15) is 16.5 Å². The summed E-state index contributed by atoms with van der Waals surface area (Å²) in [5.41, 5.74) is 2.23. The van der Waals surface area contributed by atoms with Gasteiger partial charge in [-0.1, -0.05) is 12.1 Å². The van der Waals surface area contributed by atoms with Crippen molar-refractivity contribution in [1.82, 2.24) is 19.6 Å². The number of hydrogen-bond acceptors (Lipinski definition) is 9. The summed E-state index contributed by atoms with van der Waals surface area (Å²) in [5.74, 6) is 1.45. The molecule has 38 heavy (non-hydrogen) atoms. The number of benzene rings is 2. The number of anilines is 5. The maximum Gasteiger partial charge on any atom is 0.242 e. The predicted octanol–water partition coefficient (Wildman–Crippen LogP) is 4.56. The van der Waals surface area contributed by atoms with Gasteiger partial charge in [-0.15, -0.1) is 0 Å². The van der Waals surface area contributed by atoms with Gasteiger partial charge in [0.25, 0.3) is 0 Å². The van der Waals surface area contributed by atoms with Crippen LogP contribution in [0.25, 0.3) is 0 Å². The van der Waals surface area contributed by atoms with Crippen LogP contribution in [0.3, 0.4) is 0 Å². The molecule has 2 heterocycles. The normalized spacial score (nSPS) is 15.8. The Balaban J connectivity index is 1.60. The van der Waals surface area contributed by atoms with Gasteiger partial charge in [0.15, 0.2) is 0 Å². The first-order valence-corrected chi connectivity index (χ1v) is 14.7. The van der Waals surface area contributed by atoms with Crippen molar-refractivity contribution in [2.45, 2.75) is 37.3 Å². The molecule has 1 aliphatic rings. The Labute approximate surface area is 233 Å². The molecule has 1 aromatic heterocycles. The Morgan fingerprint density at radius 3 is 2.58 bits per heavy atom. The quantitative estimate of drug-likeness (QED) is 0.307. The van der Waals surface area contributed by atoms with E-state index in [4.69, 9.17) is 4.74 Å². The highest BCUT2D eigenvalue weighted by molar-refractivity contribution is 9.10. The number of ether oxygens (including phenoxy) is 1. The van der Waals surface area contributed by atoms with E-state index < -0.39 is 10.0 Å². The first-order valence-electron chi connectivity index (χ1n) is 12.4. The fourth-order valence-electron chi connectivity index (χ4n) is 4.24. The minimum Gasteiger partial charge on any atom is -0.489 e. The second-order valence-corrected chi connectivity index (χ2v) is 12.3. The highest BCUT2D eigenvalue weighted by Crippen LogP contribution is 2.35. The van der Waals surface area contributed by atoms with Crippen molar-refractivity contribution in [3.8, 4) is 5.75 Å². The summed E-state index contributed by atoms with van der Waals surface area (Å²) in [6, 6.07) is 13.3. The van der Waals surface area contributed by atoms with E-state index in [1.54, 1.807) is 24.4 Å². The molecule has 3 aromatic rings. The molecule has 0 bridgehead atoms. The Morgan fingerprint density at radius 1 is 1.13 bits per heavy atom. The van der Waals surface area contributed by atoms with Gasteiger partial charge < -0.3 is 25.2 Å². The lowest BCUT2D eigenvalue weighted by Crippen LogP contribution is -2.31. The van der Waals surface area contributed by atoms with Crippen molar-refractivity contribution in [1.29, 1.82) is 0 Å². The lowest BCUT2D eigenvalue weighted by molar-refractivity contribution is 0.244. The summed E-state index contributed by atoms with van der Waals surface area (Å²) in [7, 11) is 1.95. The highest BCUT2D eigenvalue weighted by Gasteiger charge is 2.25. The van der Waals surface area contributed by atoms with E-state index in [-0.39, 0.29) is 11.0 Å². The van der Waals surface area contributed by atoms with E-state index in [2.05, 4.69) is 77.3 Å². The Morgan fingerprint density at radius 2 is 1.89 bits per heavy atom. The van der Waals surface area contributed by atoms with Gasteiger partial charge in [0.2, 0.25) is 16.0 Å². The summed E-state index contributed by atoms with van der Waals surface area (Å²) < 4.78 is 34.0. The Bertz CT molecular complexity index is 1390. The van der Waals surface area contributed by atoms with E-state index in [1.165, 1.54) is 13.1 Å². The van der Waals surface area contributed by atoms with Crippen LogP contribution in [0.5, 0.6) is 5.75 Å². The Hall–Kier alpha value is -2.93. The molecule has 1 atom stereocenters. The van der Waals surface area contributed by atoms with Crippen LogP contribution < -0.4 is 25.0 Å². The van der Waals surface area contributed by atoms with Gasteiger partial charge >= 0.3 is 0 Å². The van der Waals surface area contributed by atoms with Crippen molar-refractivity contribution in [2.75, 3.05) is 49.8 Å². The van der Waals surface area contributed by atoms with E-state index in [0.29, 0.717) is 33.7 Å². The van der Waals surface area contributed by atoms with Crippen LogP contribution in [-0.2, 0) is 10.0 Å². The van der Waals surface area contributed by atoms with Gasteiger partial charge in [0, 0.05) is 37.1 Å². The zero-order valence-electron chi connectivity index (χ0n) is 22.2. The lowest BCUT2D eigenvalue weighted by atomic mass is 10.2. The monoisotopic (exact) mass is 603 g/mol. The van der Waals surface area contributed by atoms with Crippen LogP contribution in [-0.4, -0.2) is 69.7 Å². The first kappa shape index (κ1) is 28.1. The fourth-order valence-corrected chi connectivity index (χ4v) is 5.41. The third-order valence-corrected chi connectivity index (χ3v) is 8.33. The minimum atomic E-state index is -3.67. The average Bonchev–Trinajstić information content (AvgIpc) is 3.38.